The van der Waals surface area contributed by atoms with E-state index in [1.165, 1.54) is 0 Å². The SMILES string of the molecule is CC1(c2noc(CNCC(F)(F)F)n2)CC1. The van der Waals surface area contributed by atoms with E-state index in [-0.39, 0.29) is 17.9 Å². The monoisotopic (exact) mass is 235 g/mol. The summed E-state index contributed by atoms with van der Waals surface area (Å²) in [6, 6.07) is 0. The van der Waals surface area contributed by atoms with Gasteiger partial charge in [0.1, 0.15) is 0 Å². The van der Waals surface area contributed by atoms with Crippen LogP contribution in [0.2, 0.25) is 0 Å². The summed E-state index contributed by atoms with van der Waals surface area (Å²) in [7, 11) is 0. The van der Waals surface area contributed by atoms with Gasteiger partial charge in [0.25, 0.3) is 0 Å². The molecule has 1 aromatic rings. The number of alkyl halides is 3. The van der Waals surface area contributed by atoms with Crippen LogP contribution in [-0.2, 0) is 12.0 Å². The number of nitrogens with one attached hydrogen (secondary N) is 1. The Morgan fingerprint density at radius 2 is 2.12 bits per heavy atom. The van der Waals surface area contributed by atoms with Crippen LogP contribution in [0.1, 0.15) is 31.5 Å². The highest BCUT2D eigenvalue weighted by Crippen LogP contribution is 2.45. The first-order valence-electron chi connectivity index (χ1n) is 5.00. The van der Waals surface area contributed by atoms with Crippen LogP contribution >= 0.6 is 0 Å². The molecule has 1 saturated carbocycles. The Morgan fingerprint density at radius 3 is 2.69 bits per heavy atom. The standard InChI is InChI=1S/C9H12F3N3O/c1-8(2-3-8)7-14-6(16-15-7)4-13-5-9(10,11)12/h13H,2-5H2,1H3. The van der Waals surface area contributed by atoms with Gasteiger partial charge in [0, 0.05) is 5.41 Å². The molecule has 2 rings (SSSR count). The van der Waals surface area contributed by atoms with Gasteiger partial charge in [0.15, 0.2) is 5.82 Å². The molecule has 0 unspecified atom stereocenters. The lowest BCUT2D eigenvalue weighted by atomic mass is 10.1. The molecule has 1 aromatic heterocycles. The third-order valence-electron chi connectivity index (χ3n) is 2.61. The second-order valence-corrected chi connectivity index (χ2v) is 4.29. The Labute approximate surface area is 90.2 Å². The Hall–Kier alpha value is -1.11. The molecule has 1 aliphatic carbocycles. The molecule has 0 amide bonds. The Bertz CT molecular complexity index is 370. The first-order valence-corrected chi connectivity index (χ1v) is 5.00. The summed E-state index contributed by atoms with van der Waals surface area (Å²) in [5, 5.41) is 5.96. The largest absolute Gasteiger partial charge is 0.401 e. The predicted octanol–water partition coefficient (Wildman–Crippen LogP) is 1.77. The van der Waals surface area contributed by atoms with Gasteiger partial charge >= 0.3 is 6.18 Å². The molecule has 0 saturated heterocycles. The molecule has 7 heteroatoms. The van der Waals surface area contributed by atoms with Gasteiger partial charge in [-0.05, 0) is 12.8 Å². The molecular weight excluding hydrogens is 223 g/mol. The zero-order valence-corrected chi connectivity index (χ0v) is 8.76. The van der Waals surface area contributed by atoms with E-state index in [2.05, 4.69) is 15.5 Å². The highest BCUT2D eigenvalue weighted by molar-refractivity contribution is 5.14. The molecule has 4 nitrogen and oxygen atoms in total. The summed E-state index contributed by atoms with van der Waals surface area (Å²) in [6.07, 6.45) is -2.21. The fourth-order valence-electron chi connectivity index (χ4n) is 1.29. The van der Waals surface area contributed by atoms with Crippen LogP contribution < -0.4 is 5.32 Å². The van der Waals surface area contributed by atoms with Crippen molar-refractivity contribution in [3.8, 4) is 0 Å². The van der Waals surface area contributed by atoms with Crippen molar-refractivity contribution in [1.82, 2.24) is 15.5 Å². The maximum absolute atomic E-state index is 11.8. The van der Waals surface area contributed by atoms with E-state index in [0.717, 1.165) is 12.8 Å². The molecule has 0 atom stereocenters. The van der Waals surface area contributed by atoms with Crippen LogP contribution in [-0.4, -0.2) is 22.9 Å². The van der Waals surface area contributed by atoms with Crippen molar-refractivity contribution >= 4 is 0 Å². The van der Waals surface area contributed by atoms with Crippen molar-refractivity contribution < 1.29 is 17.7 Å². The number of hydrogen-bond acceptors (Lipinski definition) is 4. The molecule has 0 aromatic carbocycles. The zero-order chi connectivity index (χ0) is 11.8. The first-order chi connectivity index (χ1) is 7.39. The summed E-state index contributed by atoms with van der Waals surface area (Å²) in [5.74, 6) is 0.795. The molecular formula is C9H12F3N3O. The average Bonchev–Trinajstić information content (AvgIpc) is 2.75. The summed E-state index contributed by atoms with van der Waals surface area (Å²) < 4.78 is 40.4. The summed E-state index contributed by atoms with van der Waals surface area (Å²) in [6.45, 7) is 0.898. The van der Waals surface area contributed by atoms with E-state index < -0.39 is 12.7 Å². The lowest BCUT2D eigenvalue weighted by Gasteiger charge is -2.05. The third-order valence-corrected chi connectivity index (χ3v) is 2.61. The zero-order valence-electron chi connectivity index (χ0n) is 8.76. The molecule has 0 radical (unpaired) electrons. The Balaban J connectivity index is 1.84. The number of hydrogen-bond donors (Lipinski definition) is 1. The van der Waals surface area contributed by atoms with E-state index in [1.54, 1.807) is 0 Å². The van der Waals surface area contributed by atoms with E-state index in [9.17, 15) is 13.2 Å². The van der Waals surface area contributed by atoms with E-state index in [0.29, 0.717) is 5.82 Å². The fraction of sp³-hybridized carbons (Fsp3) is 0.778. The number of aromatic nitrogens is 2. The highest BCUT2D eigenvalue weighted by Gasteiger charge is 2.43. The van der Waals surface area contributed by atoms with Crippen LogP contribution in [0.25, 0.3) is 0 Å². The Morgan fingerprint density at radius 1 is 1.44 bits per heavy atom. The van der Waals surface area contributed by atoms with Crippen molar-refractivity contribution in [2.24, 2.45) is 0 Å². The first kappa shape index (κ1) is 11.4. The maximum atomic E-state index is 11.8. The number of rotatable bonds is 4. The minimum atomic E-state index is -4.22. The second-order valence-electron chi connectivity index (χ2n) is 4.29. The molecule has 0 bridgehead atoms. The molecule has 1 N–H and O–H groups in total. The van der Waals surface area contributed by atoms with E-state index in [1.807, 2.05) is 6.92 Å². The van der Waals surface area contributed by atoms with Gasteiger partial charge in [-0.3, -0.25) is 0 Å². The van der Waals surface area contributed by atoms with Crippen molar-refractivity contribution in [2.45, 2.75) is 37.9 Å². The van der Waals surface area contributed by atoms with Gasteiger partial charge in [-0.15, -0.1) is 0 Å². The van der Waals surface area contributed by atoms with Crippen molar-refractivity contribution in [2.75, 3.05) is 6.54 Å². The third kappa shape index (κ3) is 2.72. The summed E-state index contributed by atoms with van der Waals surface area (Å²) in [4.78, 5) is 4.06. The predicted molar refractivity (Wildman–Crippen MR) is 48.6 cm³/mol. The summed E-state index contributed by atoms with van der Waals surface area (Å²) in [5.41, 5.74) is -0.0220. The maximum Gasteiger partial charge on any atom is 0.401 e. The smallest absolute Gasteiger partial charge is 0.338 e. The van der Waals surface area contributed by atoms with Crippen molar-refractivity contribution in [1.29, 1.82) is 0 Å². The molecule has 0 spiro atoms. The van der Waals surface area contributed by atoms with Gasteiger partial charge < -0.3 is 9.84 Å². The van der Waals surface area contributed by atoms with Gasteiger partial charge in [0.2, 0.25) is 5.89 Å². The normalized spacial score (nSPS) is 18.8. The quantitative estimate of drug-likeness (QED) is 0.864. The van der Waals surface area contributed by atoms with Gasteiger partial charge in [0.05, 0.1) is 13.1 Å². The molecule has 1 fully saturated rings. The molecule has 16 heavy (non-hydrogen) atoms. The topological polar surface area (TPSA) is 51.0 Å². The minimum Gasteiger partial charge on any atom is -0.338 e. The lowest BCUT2D eigenvalue weighted by molar-refractivity contribution is -0.125. The van der Waals surface area contributed by atoms with Crippen LogP contribution in [0.4, 0.5) is 13.2 Å². The summed E-state index contributed by atoms with van der Waals surface area (Å²) >= 11 is 0. The van der Waals surface area contributed by atoms with Crippen molar-refractivity contribution in [3.05, 3.63) is 11.7 Å². The lowest BCUT2D eigenvalue weighted by Crippen LogP contribution is -2.28. The second kappa shape index (κ2) is 3.73. The number of halogens is 3. The van der Waals surface area contributed by atoms with E-state index in [4.69, 9.17) is 4.52 Å². The van der Waals surface area contributed by atoms with Crippen LogP contribution in [0.15, 0.2) is 4.52 Å². The van der Waals surface area contributed by atoms with Crippen LogP contribution in [0.3, 0.4) is 0 Å². The molecule has 90 valence electrons. The van der Waals surface area contributed by atoms with Crippen molar-refractivity contribution in [3.63, 3.8) is 0 Å². The average molecular weight is 235 g/mol. The molecule has 1 aliphatic rings. The van der Waals surface area contributed by atoms with Gasteiger partial charge in [-0.25, -0.2) is 0 Å². The van der Waals surface area contributed by atoms with Gasteiger partial charge in [-0.1, -0.05) is 12.1 Å². The van der Waals surface area contributed by atoms with Crippen LogP contribution in [0.5, 0.6) is 0 Å². The minimum absolute atomic E-state index is 0.0220. The highest BCUT2D eigenvalue weighted by atomic mass is 19.4. The van der Waals surface area contributed by atoms with E-state index >= 15 is 0 Å². The Kier molecular flexibility index (Phi) is 2.65. The fourth-order valence-corrected chi connectivity index (χ4v) is 1.29. The molecule has 1 heterocycles. The number of nitrogens with zero attached hydrogens (tertiary/aromatic N) is 2. The van der Waals surface area contributed by atoms with Crippen LogP contribution in [0, 0.1) is 0 Å². The molecule has 0 aliphatic heterocycles. The van der Waals surface area contributed by atoms with Gasteiger partial charge in [-0.2, -0.15) is 18.2 Å².